The molecule has 3 aromatic rings. The van der Waals surface area contributed by atoms with Crippen LogP contribution in [0, 0.1) is 11.6 Å². The Morgan fingerprint density at radius 2 is 1.89 bits per heavy atom. The maximum atomic E-state index is 15.3. The number of ether oxygens (including phenoxy) is 5. The molecular weight excluding hydrogens is 604 g/mol. The summed E-state index contributed by atoms with van der Waals surface area (Å²) in [6.07, 6.45) is -0.564. The molecule has 1 amide bonds. The lowest BCUT2D eigenvalue weighted by Crippen LogP contribution is -2.66. The molecule has 0 unspecified atom stereocenters. The van der Waals surface area contributed by atoms with Crippen molar-refractivity contribution in [2.45, 2.75) is 22.9 Å². The van der Waals surface area contributed by atoms with Crippen molar-refractivity contribution in [3.63, 3.8) is 0 Å². The van der Waals surface area contributed by atoms with E-state index in [0.29, 0.717) is 5.56 Å². The minimum absolute atomic E-state index is 0.0907. The number of carbonyl (C=O) groups excluding carboxylic acids is 3. The summed E-state index contributed by atoms with van der Waals surface area (Å²) in [5.41, 5.74) is 0.582. The molecular formula is C29H25F2N3O9S. The zero-order chi connectivity index (χ0) is 31.0. The lowest BCUT2D eigenvalue weighted by atomic mass is 9.93. The molecule has 0 spiro atoms. The van der Waals surface area contributed by atoms with Crippen LogP contribution >= 0.6 is 11.8 Å². The number of pyridine rings is 1. The van der Waals surface area contributed by atoms with Gasteiger partial charge in [0.2, 0.25) is 18.0 Å². The summed E-state index contributed by atoms with van der Waals surface area (Å²) in [5, 5.41) is 1.79. The molecule has 0 radical (unpaired) electrons. The maximum absolute atomic E-state index is 15.3. The van der Waals surface area contributed by atoms with E-state index in [2.05, 4.69) is 9.47 Å². The van der Waals surface area contributed by atoms with Crippen LogP contribution in [0.1, 0.15) is 33.2 Å². The van der Waals surface area contributed by atoms with Crippen molar-refractivity contribution in [2.24, 2.45) is 0 Å². The van der Waals surface area contributed by atoms with Gasteiger partial charge in [0, 0.05) is 35.0 Å². The summed E-state index contributed by atoms with van der Waals surface area (Å²) >= 11 is 1.36. The van der Waals surface area contributed by atoms with Crippen LogP contribution in [-0.4, -0.2) is 74.0 Å². The molecule has 15 heteroatoms. The Hall–Kier alpha value is -4.63. The minimum Gasteiger partial charge on any atom is -0.466 e. The van der Waals surface area contributed by atoms with Crippen LogP contribution < -0.4 is 15.2 Å². The average Bonchev–Trinajstić information content (AvgIpc) is 3.20. The van der Waals surface area contributed by atoms with Gasteiger partial charge >= 0.3 is 12.1 Å². The van der Waals surface area contributed by atoms with E-state index in [1.165, 1.54) is 39.7 Å². The number of benzene rings is 2. The van der Waals surface area contributed by atoms with Crippen LogP contribution in [0.15, 0.2) is 58.4 Å². The molecule has 0 aliphatic carbocycles. The molecule has 12 nitrogen and oxygen atoms in total. The van der Waals surface area contributed by atoms with Gasteiger partial charge in [-0.3, -0.25) is 19.3 Å². The third-order valence-corrected chi connectivity index (χ3v) is 8.56. The number of aromatic nitrogens is 1. The first-order chi connectivity index (χ1) is 21.3. The molecule has 0 saturated carbocycles. The molecule has 44 heavy (non-hydrogen) atoms. The lowest BCUT2D eigenvalue weighted by Gasteiger charge is -2.51. The summed E-state index contributed by atoms with van der Waals surface area (Å²) < 4.78 is 56.4. The number of fused-ring (bicyclic) bond motifs is 4. The third-order valence-electron chi connectivity index (χ3n) is 7.45. The van der Waals surface area contributed by atoms with Gasteiger partial charge < -0.3 is 28.6 Å². The highest BCUT2D eigenvalue weighted by Gasteiger charge is 2.46. The van der Waals surface area contributed by atoms with E-state index < -0.39 is 66.5 Å². The van der Waals surface area contributed by atoms with Gasteiger partial charge in [-0.2, -0.15) is 0 Å². The van der Waals surface area contributed by atoms with Crippen molar-refractivity contribution >= 4 is 29.8 Å². The van der Waals surface area contributed by atoms with Crippen molar-refractivity contribution in [3.05, 3.63) is 92.9 Å². The zero-order valence-corrected chi connectivity index (χ0v) is 24.0. The third kappa shape index (κ3) is 5.21. The van der Waals surface area contributed by atoms with E-state index in [0.717, 1.165) is 23.6 Å². The Morgan fingerprint density at radius 1 is 1.07 bits per heavy atom. The highest BCUT2D eigenvalue weighted by molar-refractivity contribution is 7.98. The minimum atomic E-state index is -1.26. The fourth-order valence-corrected chi connectivity index (χ4v) is 6.58. The van der Waals surface area contributed by atoms with Crippen molar-refractivity contribution in [2.75, 3.05) is 45.3 Å². The zero-order valence-electron chi connectivity index (χ0n) is 23.2. The summed E-state index contributed by atoms with van der Waals surface area (Å²) in [6.45, 7) is -1.02. The lowest BCUT2D eigenvalue weighted by molar-refractivity contribution is -0.145. The highest BCUT2D eigenvalue weighted by atomic mass is 32.2. The standard InChI is InChI=1S/C29H25F2N3O9S/c1-39-23(36)13-41-29(38)43-15-42-27-20(35)8-9-33-26(27)28(37)32-10-11-40-12-22(32)34(33)25-16-6-7-19(30)24(31)18(16)14-44-21-5-3-2-4-17(21)25/h2-9,22,25H,10-15H2,1H3/t22-,25+/m1/s1. The Labute approximate surface area is 252 Å². The van der Waals surface area contributed by atoms with Gasteiger partial charge in [0.15, 0.2) is 23.9 Å². The van der Waals surface area contributed by atoms with Crippen LogP contribution in [0.5, 0.6) is 5.75 Å². The molecule has 230 valence electrons. The van der Waals surface area contributed by atoms with Crippen molar-refractivity contribution in [1.29, 1.82) is 0 Å². The number of halogens is 2. The second kappa shape index (κ2) is 12.2. The number of hydrogen-bond acceptors (Lipinski definition) is 11. The molecule has 2 atom stereocenters. The average molecular weight is 630 g/mol. The SMILES string of the molecule is COC(=O)COC(=O)OCOc1c2n(ccc1=O)N([C@@H]1c3ccccc3SCc3c1ccc(F)c3F)[C@@H]1COCCN1C2=O. The van der Waals surface area contributed by atoms with Gasteiger partial charge in [-0.15, -0.1) is 11.8 Å². The first-order valence-corrected chi connectivity index (χ1v) is 14.4. The van der Waals surface area contributed by atoms with Gasteiger partial charge in [-0.1, -0.05) is 24.3 Å². The second-order valence-corrected chi connectivity index (χ2v) is 10.8. The first-order valence-electron chi connectivity index (χ1n) is 13.4. The quantitative estimate of drug-likeness (QED) is 0.295. The molecule has 1 aromatic heterocycles. The van der Waals surface area contributed by atoms with E-state index in [-0.39, 0.29) is 36.8 Å². The van der Waals surface area contributed by atoms with Gasteiger partial charge in [0.1, 0.15) is 6.17 Å². The Morgan fingerprint density at radius 3 is 2.70 bits per heavy atom. The Balaban J connectivity index is 1.45. The number of thioether (sulfide) groups is 1. The Kier molecular flexibility index (Phi) is 8.14. The predicted octanol–water partition coefficient (Wildman–Crippen LogP) is 2.93. The summed E-state index contributed by atoms with van der Waals surface area (Å²) in [5.74, 6) is -3.54. The van der Waals surface area contributed by atoms with E-state index in [1.54, 1.807) is 5.01 Å². The van der Waals surface area contributed by atoms with E-state index in [9.17, 15) is 23.6 Å². The van der Waals surface area contributed by atoms with Gasteiger partial charge in [-0.05, 0) is 23.3 Å². The second-order valence-electron chi connectivity index (χ2n) is 9.82. The summed E-state index contributed by atoms with van der Waals surface area (Å²) in [4.78, 5) is 52.4. The van der Waals surface area contributed by atoms with Gasteiger partial charge in [0.25, 0.3) is 5.91 Å². The molecule has 3 aliphatic heterocycles. The number of esters is 1. The molecule has 1 saturated heterocycles. The van der Waals surface area contributed by atoms with Gasteiger partial charge in [-0.25, -0.2) is 18.4 Å². The van der Waals surface area contributed by atoms with Crippen LogP contribution in [0.3, 0.4) is 0 Å². The van der Waals surface area contributed by atoms with Crippen LogP contribution in [0.4, 0.5) is 13.6 Å². The fraction of sp³-hybridized carbons (Fsp3) is 0.310. The normalized spacial score (nSPS) is 18.7. The fourth-order valence-electron chi connectivity index (χ4n) is 5.46. The van der Waals surface area contributed by atoms with Crippen LogP contribution in [-0.2, 0) is 29.5 Å². The highest BCUT2D eigenvalue weighted by Crippen LogP contribution is 2.45. The van der Waals surface area contributed by atoms with Crippen LogP contribution in [0.2, 0.25) is 0 Å². The predicted molar refractivity (Wildman–Crippen MR) is 149 cm³/mol. The number of amides is 1. The monoisotopic (exact) mass is 629 g/mol. The number of rotatable bonds is 6. The van der Waals surface area contributed by atoms with E-state index in [1.807, 2.05) is 24.3 Å². The molecule has 0 N–H and O–H groups in total. The topological polar surface area (TPSA) is 126 Å². The summed E-state index contributed by atoms with van der Waals surface area (Å²) in [6, 6.07) is 10.5. The maximum Gasteiger partial charge on any atom is 0.511 e. The molecule has 3 aliphatic rings. The van der Waals surface area contributed by atoms with E-state index >= 15 is 4.39 Å². The Bertz CT molecular complexity index is 1700. The van der Waals surface area contributed by atoms with Gasteiger partial charge in [0.05, 0.1) is 26.4 Å². The summed E-state index contributed by atoms with van der Waals surface area (Å²) in [7, 11) is 1.12. The number of morpholine rings is 1. The van der Waals surface area contributed by atoms with E-state index in [4.69, 9.17) is 14.2 Å². The van der Waals surface area contributed by atoms with Crippen molar-refractivity contribution in [3.8, 4) is 5.75 Å². The number of nitrogens with zero attached hydrogens (tertiary/aromatic N) is 3. The van der Waals surface area contributed by atoms with Crippen molar-refractivity contribution < 1.29 is 46.8 Å². The molecule has 2 aromatic carbocycles. The van der Waals surface area contributed by atoms with Crippen molar-refractivity contribution in [1.82, 2.24) is 9.58 Å². The van der Waals surface area contributed by atoms with Crippen LogP contribution in [0.25, 0.3) is 0 Å². The smallest absolute Gasteiger partial charge is 0.466 e. The number of methoxy groups -OCH3 is 1. The number of hydrogen-bond donors (Lipinski definition) is 0. The molecule has 6 rings (SSSR count). The molecule has 1 fully saturated rings. The first kappa shape index (κ1) is 29.4. The molecule has 0 bridgehead atoms. The molecule has 4 heterocycles. The number of carbonyl (C=O) groups is 3. The largest absolute Gasteiger partial charge is 0.511 e.